The van der Waals surface area contributed by atoms with Gasteiger partial charge in [-0.3, -0.25) is 9.59 Å². The van der Waals surface area contributed by atoms with Gasteiger partial charge < -0.3 is 20.1 Å². The lowest BCUT2D eigenvalue weighted by molar-refractivity contribution is -0.138. The number of aliphatic carboxylic acids is 1. The van der Waals surface area contributed by atoms with Crippen LogP contribution in [0.2, 0.25) is 0 Å². The molecular weight excluding hydrogens is 460 g/mol. The number of nitrogens with one attached hydrogen (secondary N) is 1. The number of benzene rings is 2. The molecule has 1 heterocycles. The van der Waals surface area contributed by atoms with Gasteiger partial charge in [0.15, 0.2) is 0 Å². The van der Waals surface area contributed by atoms with Gasteiger partial charge >= 0.3 is 12.1 Å². The first-order valence-corrected chi connectivity index (χ1v) is 13.4. The van der Waals surface area contributed by atoms with Gasteiger partial charge in [-0.05, 0) is 28.7 Å². The summed E-state index contributed by atoms with van der Waals surface area (Å²) >= 11 is 0. The Balaban J connectivity index is 1.42. The highest BCUT2D eigenvalue weighted by atomic mass is 33.1. The molecule has 1 aliphatic carbocycles. The molecule has 1 saturated heterocycles. The van der Waals surface area contributed by atoms with Crippen LogP contribution in [0, 0.1) is 0 Å². The molecule has 1 fully saturated rings. The van der Waals surface area contributed by atoms with E-state index < -0.39 is 18.1 Å². The van der Waals surface area contributed by atoms with Crippen LogP contribution in [0.4, 0.5) is 4.79 Å². The van der Waals surface area contributed by atoms with Crippen molar-refractivity contribution in [3.8, 4) is 11.1 Å². The third kappa shape index (κ3) is 5.65. The zero-order valence-electron chi connectivity index (χ0n) is 18.1. The molecule has 174 valence electrons. The maximum Gasteiger partial charge on any atom is 0.407 e. The summed E-state index contributed by atoms with van der Waals surface area (Å²) in [5.74, 6) is 0.243. The molecule has 0 saturated carbocycles. The van der Waals surface area contributed by atoms with Crippen LogP contribution < -0.4 is 5.32 Å². The Morgan fingerprint density at radius 1 is 1.00 bits per heavy atom. The van der Waals surface area contributed by atoms with E-state index in [1.165, 1.54) is 0 Å². The van der Waals surface area contributed by atoms with Crippen molar-refractivity contribution in [1.82, 2.24) is 10.2 Å². The predicted molar refractivity (Wildman–Crippen MR) is 130 cm³/mol. The van der Waals surface area contributed by atoms with Crippen molar-refractivity contribution in [2.45, 2.75) is 24.8 Å². The highest BCUT2D eigenvalue weighted by molar-refractivity contribution is 8.76. The third-order valence-corrected chi connectivity index (χ3v) is 8.23. The SMILES string of the molecule is O=C(O)CCC(NC(=O)OCC1c2ccccc2-c2ccccc21)C(=O)N1CCSSCC1. The van der Waals surface area contributed by atoms with Gasteiger partial charge in [0.1, 0.15) is 12.6 Å². The lowest BCUT2D eigenvalue weighted by Crippen LogP contribution is -2.50. The van der Waals surface area contributed by atoms with Crippen LogP contribution >= 0.6 is 21.6 Å². The molecule has 9 heteroatoms. The van der Waals surface area contributed by atoms with Gasteiger partial charge in [0, 0.05) is 36.9 Å². The minimum Gasteiger partial charge on any atom is -0.481 e. The zero-order valence-corrected chi connectivity index (χ0v) is 19.7. The number of rotatable bonds is 7. The first-order valence-electron chi connectivity index (χ1n) is 10.9. The second-order valence-electron chi connectivity index (χ2n) is 7.92. The van der Waals surface area contributed by atoms with E-state index in [4.69, 9.17) is 9.84 Å². The number of carboxylic acid groups (broad SMARTS) is 1. The lowest BCUT2D eigenvalue weighted by atomic mass is 9.98. The maximum atomic E-state index is 13.0. The molecule has 1 unspecified atom stereocenters. The molecule has 33 heavy (non-hydrogen) atoms. The number of fused-ring (bicyclic) bond motifs is 3. The summed E-state index contributed by atoms with van der Waals surface area (Å²) in [5, 5.41) is 11.7. The molecule has 2 aromatic carbocycles. The van der Waals surface area contributed by atoms with Crippen LogP contribution in [0.3, 0.4) is 0 Å². The fraction of sp³-hybridized carbons (Fsp3) is 0.375. The van der Waals surface area contributed by atoms with Crippen molar-refractivity contribution in [1.29, 1.82) is 0 Å². The van der Waals surface area contributed by atoms with Crippen LogP contribution in [0.5, 0.6) is 0 Å². The average Bonchev–Trinajstić information content (AvgIpc) is 2.95. The Morgan fingerprint density at radius 2 is 1.58 bits per heavy atom. The first-order chi connectivity index (χ1) is 16.0. The Hall–Kier alpha value is -2.65. The molecule has 2 aliphatic rings. The van der Waals surface area contributed by atoms with Crippen molar-refractivity contribution in [3.63, 3.8) is 0 Å². The topological polar surface area (TPSA) is 95.9 Å². The van der Waals surface area contributed by atoms with E-state index >= 15 is 0 Å². The van der Waals surface area contributed by atoms with Crippen molar-refractivity contribution in [2.75, 3.05) is 31.2 Å². The number of hydrogen-bond donors (Lipinski definition) is 2. The number of alkyl carbamates (subject to hydrolysis) is 1. The van der Waals surface area contributed by atoms with Crippen LogP contribution in [-0.2, 0) is 14.3 Å². The normalized spacial score (nSPS) is 16.3. The van der Waals surface area contributed by atoms with Crippen molar-refractivity contribution in [2.24, 2.45) is 0 Å². The Bertz CT molecular complexity index is 978. The summed E-state index contributed by atoms with van der Waals surface area (Å²) in [6.45, 7) is 1.29. The molecule has 2 aromatic rings. The first kappa shape index (κ1) is 23.5. The smallest absolute Gasteiger partial charge is 0.407 e. The van der Waals surface area contributed by atoms with E-state index in [9.17, 15) is 14.4 Å². The van der Waals surface area contributed by atoms with Crippen LogP contribution in [-0.4, -0.2) is 65.2 Å². The molecule has 2 amide bonds. The number of ether oxygens (including phenoxy) is 1. The molecule has 4 rings (SSSR count). The van der Waals surface area contributed by atoms with E-state index in [1.807, 2.05) is 36.4 Å². The maximum absolute atomic E-state index is 13.0. The van der Waals surface area contributed by atoms with Gasteiger partial charge in [0.25, 0.3) is 0 Å². The quantitative estimate of drug-likeness (QED) is 0.572. The minimum atomic E-state index is -1.01. The summed E-state index contributed by atoms with van der Waals surface area (Å²) < 4.78 is 5.56. The predicted octanol–water partition coefficient (Wildman–Crippen LogP) is 3.98. The molecule has 1 aliphatic heterocycles. The van der Waals surface area contributed by atoms with Gasteiger partial charge in [-0.25, -0.2) is 4.79 Å². The largest absolute Gasteiger partial charge is 0.481 e. The number of carbonyl (C=O) groups excluding carboxylic acids is 2. The highest BCUT2D eigenvalue weighted by Crippen LogP contribution is 2.44. The van der Waals surface area contributed by atoms with E-state index in [0.717, 1.165) is 33.8 Å². The summed E-state index contributed by atoms with van der Waals surface area (Å²) in [7, 11) is 3.42. The number of carboxylic acids is 1. The molecule has 0 spiro atoms. The standard InChI is InChI=1S/C24H26N2O5S2/c27-22(28)10-9-21(23(29)26-11-13-32-33-14-12-26)25-24(30)31-15-20-18-7-3-1-5-16(18)17-6-2-4-8-19(17)20/h1-8,20-21H,9-15H2,(H,25,30)(H,27,28). The number of amides is 2. The number of nitrogens with zero attached hydrogens (tertiary/aromatic N) is 1. The molecule has 1 atom stereocenters. The Morgan fingerprint density at radius 3 is 2.15 bits per heavy atom. The minimum absolute atomic E-state index is 0.0230. The van der Waals surface area contributed by atoms with Crippen molar-refractivity contribution in [3.05, 3.63) is 59.7 Å². The van der Waals surface area contributed by atoms with Gasteiger partial charge in [-0.2, -0.15) is 0 Å². The molecule has 7 nitrogen and oxygen atoms in total. The second kappa shape index (κ2) is 11.0. The fourth-order valence-corrected chi connectivity index (χ4v) is 6.25. The van der Waals surface area contributed by atoms with E-state index in [0.29, 0.717) is 13.1 Å². The van der Waals surface area contributed by atoms with E-state index in [2.05, 4.69) is 17.4 Å². The monoisotopic (exact) mass is 486 g/mol. The second-order valence-corrected chi connectivity index (χ2v) is 10.6. The number of carbonyl (C=O) groups is 3. The third-order valence-electron chi connectivity index (χ3n) is 5.86. The Kier molecular flexibility index (Phi) is 7.82. The van der Waals surface area contributed by atoms with Crippen molar-refractivity contribution < 1.29 is 24.2 Å². The van der Waals surface area contributed by atoms with Gasteiger partial charge in [0.2, 0.25) is 5.91 Å². The highest BCUT2D eigenvalue weighted by Gasteiger charge is 2.31. The summed E-state index contributed by atoms with van der Waals surface area (Å²) in [4.78, 5) is 38.5. The molecule has 0 radical (unpaired) electrons. The molecular formula is C24H26N2O5S2. The van der Waals surface area contributed by atoms with Crippen LogP contribution in [0.15, 0.2) is 48.5 Å². The molecule has 2 N–H and O–H groups in total. The van der Waals surface area contributed by atoms with Crippen LogP contribution in [0.1, 0.15) is 29.9 Å². The summed E-state index contributed by atoms with van der Waals surface area (Å²) in [6.07, 6.45) is -0.897. The zero-order chi connectivity index (χ0) is 23.2. The van der Waals surface area contributed by atoms with Gasteiger partial charge in [0.05, 0.1) is 0 Å². The molecule has 0 bridgehead atoms. The van der Waals surface area contributed by atoms with Crippen LogP contribution in [0.25, 0.3) is 11.1 Å². The van der Waals surface area contributed by atoms with Gasteiger partial charge in [-0.1, -0.05) is 70.1 Å². The fourth-order valence-electron chi connectivity index (χ4n) is 4.27. The Labute approximate surface area is 200 Å². The van der Waals surface area contributed by atoms with E-state index in [1.54, 1.807) is 26.5 Å². The van der Waals surface area contributed by atoms with E-state index in [-0.39, 0.29) is 31.3 Å². The van der Waals surface area contributed by atoms with Crippen molar-refractivity contribution >= 4 is 39.6 Å². The summed E-state index contributed by atoms with van der Waals surface area (Å²) in [5.41, 5.74) is 4.47. The number of hydrogen-bond acceptors (Lipinski definition) is 6. The summed E-state index contributed by atoms with van der Waals surface area (Å²) in [6, 6.07) is 15.2. The molecule has 0 aromatic heterocycles. The van der Waals surface area contributed by atoms with Gasteiger partial charge in [-0.15, -0.1) is 0 Å². The lowest BCUT2D eigenvalue weighted by Gasteiger charge is -2.26. The average molecular weight is 487 g/mol.